The Kier molecular flexibility index (Phi) is 5.74. The van der Waals surface area contributed by atoms with E-state index in [0.717, 1.165) is 5.56 Å². The number of hydrogen-bond acceptors (Lipinski definition) is 3. The van der Waals surface area contributed by atoms with Crippen LogP contribution in [0, 0.1) is 0 Å². The zero-order chi connectivity index (χ0) is 16.1. The molecule has 7 heteroatoms. The first-order chi connectivity index (χ1) is 10.5. The summed E-state index contributed by atoms with van der Waals surface area (Å²) in [5.41, 5.74) is 1.07. The van der Waals surface area contributed by atoms with Crippen molar-refractivity contribution in [3.05, 3.63) is 58.7 Å². The summed E-state index contributed by atoms with van der Waals surface area (Å²) in [5.74, 6) is -2.98. The largest absolute Gasteiger partial charge is 0.337 e. The maximum Gasteiger partial charge on any atom is 0.290 e. The first kappa shape index (κ1) is 16.7. The summed E-state index contributed by atoms with van der Waals surface area (Å²) in [6.45, 7) is 0.351. The van der Waals surface area contributed by atoms with Crippen molar-refractivity contribution in [2.75, 3.05) is 7.05 Å². The Hall–Kier alpha value is -1.66. The molecule has 0 aliphatic heterocycles. The number of pyridine rings is 1. The molecule has 0 N–H and O–H groups in total. The van der Waals surface area contributed by atoms with Crippen LogP contribution in [0.4, 0.5) is 8.78 Å². The number of aromatic nitrogens is 1. The molecule has 1 heterocycles. The normalized spacial score (nSPS) is 10.8. The maximum absolute atomic E-state index is 12.5. The molecule has 1 aromatic heterocycles. The Morgan fingerprint density at radius 3 is 2.64 bits per heavy atom. The molecule has 0 radical (unpaired) electrons. The Bertz CT molecular complexity index is 652. The van der Waals surface area contributed by atoms with Crippen LogP contribution in [-0.2, 0) is 6.54 Å². The van der Waals surface area contributed by atoms with Gasteiger partial charge in [-0.1, -0.05) is 23.7 Å². The summed E-state index contributed by atoms with van der Waals surface area (Å²) in [6.07, 6.45) is 1.39. The van der Waals surface area contributed by atoms with Crippen molar-refractivity contribution in [2.45, 2.75) is 17.3 Å². The van der Waals surface area contributed by atoms with Gasteiger partial charge in [0.15, 0.2) is 0 Å². The van der Waals surface area contributed by atoms with Crippen molar-refractivity contribution in [2.24, 2.45) is 0 Å². The van der Waals surface area contributed by atoms with E-state index in [2.05, 4.69) is 4.98 Å². The average Bonchev–Trinajstić information content (AvgIpc) is 2.49. The van der Waals surface area contributed by atoms with Crippen LogP contribution < -0.4 is 0 Å². The van der Waals surface area contributed by atoms with E-state index in [-0.39, 0.29) is 28.3 Å². The van der Waals surface area contributed by atoms with Crippen LogP contribution in [-0.4, -0.2) is 28.6 Å². The third-order valence-electron chi connectivity index (χ3n) is 2.88. The number of carbonyl (C=O) groups excluding carboxylic acids is 1. The predicted molar refractivity (Wildman–Crippen MR) is 83.3 cm³/mol. The highest BCUT2D eigenvalue weighted by molar-refractivity contribution is 7.99. The molecule has 116 valence electrons. The number of nitrogens with zero attached hydrogens (tertiary/aromatic N) is 2. The third-order valence-corrected chi connectivity index (χ3v) is 3.86. The summed E-state index contributed by atoms with van der Waals surface area (Å²) in [5, 5.41) is 0.645. The Morgan fingerprint density at radius 1 is 1.32 bits per heavy atom. The van der Waals surface area contributed by atoms with E-state index in [1.165, 1.54) is 17.2 Å². The number of alkyl halides is 2. The highest BCUT2D eigenvalue weighted by atomic mass is 35.5. The van der Waals surface area contributed by atoms with Gasteiger partial charge in [0.25, 0.3) is 11.7 Å². The van der Waals surface area contributed by atoms with Crippen LogP contribution in [0.2, 0.25) is 5.02 Å². The van der Waals surface area contributed by atoms with Crippen LogP contribution in [0.5, 0.6) is 0 Å². The fourth-order valence-electron chi connectivity index (χ4n) is 1.87. The lowest BCUT2D eigenvalue weighted by Gasteiger charge is -2.18. The van der Waals surface area contributed by atoms with Gasteiger partial charge in [0, 0.05) is 24.8 Å². The van der Waals surface area contributed by atoms with Gasteiger partial charge in [-0.2, -0.15) is 8.78 Å². The SMILES string of the molecule is CN(Cc1ccc(Cl)cc1)C(=O)c1cccnc1SC(F)F. The molecule has 0 atom stereocenters. The number of amides is 1. The molecule has 0 unspecified atom stereocenters. The number of halogens is 3. The summed E-state index contributed by atoms with van der Waals surface area (Å²) in [7, 11) is 1.61. The number of rotatable bonds is 5. The second-order valence-electron chi connectivity index (χ2n) is 4.52. The first-order valence-electron chi connectivity index (χ1n) is 6.37. The lowest BCUT2D eigenvalue weighted by atomic mass is 10.2. The summed E-state index contributed by atoms with van der Waals surface area (Å²) in [6, 6.07) is 10.1. The van der Waals surface area contributed by atoms with E-state index in [1.807, 2.05) is 12.1 Å². The standard InChI is InChI=1S/C15H13ClF2N2OS/c1-20(9-10-4-6-11(16)7-5-10)14(21)12-3-2-8-19-13(12)22-15(17)18/h2-8,15H,9H2,1H3. The van der Waals surface area contributed by atoms with Crippen molar-refractivity contribution >= 4 is 29.3 Å². The molecule has 0 bridgehead atoms. The predicted octanol–water partition coefficient (Wildman–Crippen LogP) is 4.32. The summed E-state index contributed by atoms with van der Waals surface area (Å²) in [4.78, 5) is 17.7. The topological polar surface area (TPSA) is 33.2 Å². The Labute approximate surface area is 136 Å². The molecule has 1 amide bonds. The molecule has 0 aliphatic carbocycles. The van der Waals surface area contributed by atoms with E-state index in [9.17, 15) is 13.6 Å². The molecule has 0 fully saturated rings. The minimum Gasteiger partial charge on any atom is -0.337 e. The third kappa shape index (κ3) is 4.42. The lowest BCUT2D eigenvalue weighted by Crippen LogP contribution is -2.27. The number of hydrogen-bond donors (Lipinski definition) is 0. The number of thioether (sulfide) groups is 1. The van der Waals surface area contributed by atoms with E-state index in [4.69, 9.17) is 11.6 Å². The molecule has 2 aromatic rings. The van der Waals surface area contributed by atoms with Crippen molar-refractivity contribution in [3.63, 3.8) is 0 Å². The van der Waals surface area contributed by atoms with E-state index in [1.54, 1.807) is 25.2 Å². The van der Waals surface area contributed by atoms with Crippen LogP contribution in [0.3, 0.4) is 0 Å². The van der Waals surface area contributed by atoms with Gasteiger partial charge in [-0.15, -0.1) is 0 Å². The lowest BCUT2D eigenvalue weighted by molar-refractivity contribution is 0.0781. The van der Waals surface area contributed by atoms with Gasteiger partial charge < -0.3 is 4.90 Å². The monoisotopic (exact) mass is 342 g/mol. The van der Waals surface area contributed by atoms with Gasteiger partial charge in [-0.3, -0.25) is 4.79 Å². The van der Waals surface area contributed by atoms with Crippen LogP contribution in [0.25, 0.3) is 0 Å². The number of benzene rings is 1. The Morgan fingerprint density at radius 2 is 2.00 bits per heavy atom. The minimum atomic E-state index is -2.62. The highest BCUT2D eigenvalue weighted by Gasteiger charge is 2.19. The molecule has 2 rings (SSSR count). The van der Waals surface area contributed by atoms with Crippen molar-refractivity contribution in [1.29, 1.82) is 0 Å². The van der Waals surface area contributed by atoms with Crippen LogP contribution >= 0.6 is 23.4 Å². The molecular weight excluding hydrogens is 330 g/mol. The maximum atomic E-state index is 12.5. The molecule has 0 saturated heterocycles. The van der Waals surface area contributed by atoms with Crippen molar-refractivity contribution in [3.8, 4) is 0 Å². The van der Waals surface area contributed by atoms with Gasteiger partial charge >= 0.3 is 0 Å². The summed E-state index contributed by atoms with van der Waals surface area (Å²) >= 11 is 6.08. The van der Waals surface area contributed by atoms with E-state index in [0.29, 0.717) is 11.6 Å². The quantitative estimate of drug-likeness (QED) is 0.759. The molecule has 1 aromatic carbocycles. The van der Waals surface area contributed by atoms with Crippen LogP contribution in [0.15, 0.2) is 47.6 Å². The van der Waals surface area contributed by atoms with Gasteiger partial charge in [-0.05, 0) is 41.6 Å². The molecular formula is C15H13ClF2N2OS. The van der Waals surface area contributed by atoms with Gasteiger partial charge in [0.1, 0.15) is 5.03 Å². The second-order valence-corrected chi connectivity index (χ2v) is 5.94. The second kappa shape index (κ2) is 7.56. The van der Waals surface area contributed by atoms with Gasteiger partial charge in [-0.25, -0.2) is 4.98 Å². The van der Waals surface area contributed by atoms with E-state index >= 15 is 0 Å². The van der Waals surface area contributed by atoms with Crippen LogP contribution in [0.1, 0.15) is 15.9 Å². The highest BCUT2D eigenvalue weighted by Crippen LogP contribution is 2.27. The molecule has 22 heavy (non-hydrogen) atoms. The van der Waals surface area contributed by atoms with E-state index < -0.39 is 5.76 Å². The molecule has 0 aliphatic rings. The van der Waals surface area contributed by atoms with Gasteiger partial charge in [0.2, 0.25) is 0 Å². The van der Waals surface area contributed by atoms with Crippen molar-refractivity contribution < 1.29 is 13.6 Å². The molecule has 0 saturated carbocycles. The zero-order valence-corrected chi connectivity index (χ0v) is 13.2. The molecule has 0 spiro atoms. The summed E-state index contributed by atoms with van der Waals surface area (Å²) < 4.78 is 25.1. The fraction of sp³-hybridized carbons (Fsp3) is 0.200. The zero-order valence-electron chi connectivity index (χ0n) is 11.7. The average molecular weight is 343 g/mol. The smallest absolute Gasteiger partial charge is 0.290 e. The molecule has 3 nitrogen and oxygen atoms in total. The number of carbonyl (C=O) groups is 1. The first-order valence-corrected chi connectivity index (χ1v) is 7.63. The van der Waals surface area contributed by atoms with Crippen molar-refractivity contribution in [1.82, 2.24) is 9.88 Å². The Balaban J connectivity index is 2.15. The van der Waals surface area contributed by atoms with Gasteiger partial charge in [0.05, 0.1) is 5.56 Å². The minimum absolute atomic E-state index is 0.0328. The fourth-order valence-corrected chi connectivity index (χ4v) is 2.57.